The van der Waals surface area contributed by atoms with Gasteiger partial charge in [-0.1, -0.05) is 0 Å². The molecular formula is C12H21N3O3S. The lowest BCUT2D eigenvalue weighted by molar-refractivity contribution is 0.0752. The van der Waals surface area contributed by atoms with Crippen LogP contribution in [0, 0.1) is 0 Å². The summed E-state index contributed by atoms with van der Waals surface area (Å²) in [6.45, 7) is 4.06. The minimum Gasteiger partial charge on any atom is -0.377 e. The quantitative estimate of drug-likeness (QED) is 0.847. The van der Waals surface area contributed by atoms with Gasteiger partial charge in [0, 0.05) is 38.1 Å². The van der Waals surface area contributed by atoms with Crippen molar-refractivity contribution in [2.24, 2.45) is 0 Å². The lowest BCUT2D eigenvalue weighted by Crippen LogP contribution is -2.35. The number of aromatic amines is 1. The van der Waals surface area contributed by atoms with Crippen LogP contribution in [0.5, 0.6) is 0 Å². The van der Waals surface area contributed by atoms with Crippen LogP contribution in [-0.2, 0) is 21.3 Å². The van der Waals surface area contributed by atoms with E-state index in [2.05, 4.69) is 10.3 Å². The van der Waals surface area contributed by atoms with Gasteiger partial charge in [-0.3, -0.25) is 0 Å². The normalized spacial score (nSPS) is 22.3. The molecular weight excluding hydrogens is 266 g/mol. The second kappa shape index (κ2) is 6.04. The fraction of sp³-hybridized carbons (Fsp3) is 0.667. The van der Waals surface area contributed by atoms with E-state index in [1.54, 1.807) is 12.3 Å². The van der Waals surface area contributed by atoms with Crippen molar-refractivity contribution in [2.45, 2.75) is 30.9 Å². The zero-order valence-corrected chi connectivity index (χ0v) is 12.2. The van der Waals surface area contributed by atoms with Gasteiger partial charge in [0.1, 0.15) is 0 Å². The molecule has 0 saturated carbocycles. The van der Waals surface area contributed by atoms with Crippen molar-refractivity contribution in [1.29, 1.82) is 0 Å². The second-order valence-corrected chi connectivity index (χ2v) is 6.73. The second-order valence-electron chi connectivity index (χ2n) is 4.79. The minimum atomic E-state index is -3.42. The van der Waals surface area contributed by atoms with Crippen molar-refractivity contribution < 1.29 is 13.2 Å². The molecule has 0 spiro atoms. The molecule has 1 saturated heterocycles. The van der Waals surface area contributed by atoms with Gasteiger partial charge in [0.2, 0.25) is 10.0 Å². The Morgan fingerprint density at radius 2 is 2.37 bits per heavy atom. The van der Waals surface area contributed by atoms with Gasteiger partial charge in [-0.25, -0.2) is 8.42 Å². The molecule has 2 rings (SSSR count). The molecule has 1 aromatic rings. The van der Waals surface area contributed by atoms with E-state index in [4.69, 9.17) is 4.74 Å². The first kappa shape index (κ1) is 14.5. The fourth-order valence-corrected chi connectivity index (χ4v) is 3.76. The summed E-state index contributed by atoms with van der Waals surface area (Å²) in [4.78, 5) is 3.30. The Balaban J connectivity index is 2.19. The fourth-order valence-electron chi connectivity index (χ4n) is 2.18. The Morgan fingerprint density at radius 3 is 3.11 bits per heavy atom. The van der Waals surface area contributed by atoms with Crippen LogP contribution >= 0.6 is 0 Å². The first-order valence-electron chi connectivity index (χ1n) is 6.47. The number of H-pyrrole nitrogens is 1. The average Bonchev–Trinajstić information content (AvgIpc) is 2.72. The van der Waals surface area contributed by atoms with Crippen LogP contribution in [0.25, 0.3) is 0 Å². The zero-order chi connectivity index (χ0) is 13.9. The van der Waals surface area contributed by atoms with Gasteiger partial charge in [0.05, 0.1) is 11.0 Å². The SMILES string of the molecule is CNCc1cc(S(=O)(=O)N2CCCOC(C)C2)c[nH]1. The number of ether oxygens (including phenoxy) is 1. The molecule has 7 heteroatoms. The van der Waals surface area contributed by atoms with Gasteiger partial charge in [-0.15, -0.1) is 0 Å². The zero-order valence-electron chi connectivity index (χ0n) is 11.3. The molecule has 1 aliphatic heterocycles. The molecule has 0 radical (unpaired) electrons. The molecule has 1 aromatic heterocycles. The summed E-state index contributed by atoms with van der Waals surface area (Å²) in [6, 6.07) is 1.68. The van der Waals surface area contributed by atoms with Gasteiger partial charge in [-0.05, 0) is 26.5 Å². The van der Waals surface area contributed by atoms with Gasteiger partial charge < -0.3 is 15.0 Å². The van der Waals surface area contributed by atoms with Crippen LogP contribution in [0.15, 0.2) is 17.2 Å². The molecule has 1 fully saturated rings. The van der Waals surface area contributed by atoms with E-state index in [0.717, 1.165) is 12.1 Å². The molecule has 1 unspecified atom stereocenters. The summed E-state index contributed by atoms with van der Waals surface area (Å²) < 4.78 is 32.1. The van der Waals surface area contributed by atoms with Crippen LogP contribution in [0.2, 0.25) is 0 Å². The van der Waals surface area contributed by atoms with Gasteiger partial charge >= 0.3 is 0 Å². The average molecular weight is 287 g/mol. The monoisotopic (exact) mass is 287 g/mol. The molecule has 6 nitrogen and oxygen atoms in total. The molecule has 108 valence electrons. The molecule has 1 atom stereocenters. The van der Waals surface area contributed by atoms with E-state index in [0.29, 0.717) is 31.1 Å². The minimum absolute atomic E-state index is 0.0620. The third-order valence-corrected chi connectivity index (χ3v) is 4.98. The number of rotatable bonds is 4. The van der Waals surface area contributed by atoms with E-state index in [-0.39, 0.29) is 6.10 Å². The predicted octanol–water partition coefficient (Wildman–Crippen LogP) is 0.534. The Hall–Kier alpha value is -0.890. The highest BCUT2D eigenvalue weighted by molar-refractivity contribution is 7.89. The third kappa shape index (κ3) is 3.36. The van der Waals surface area contributed by atoms with Crippen molar-refractivity contribution in [3.05, 3.63) is 18.0 Å². The molecule has 1 aliphatic rings. The van der Waals surface area contributed by atoms with Crippen molar-refractivity contribution in [3.63, 3.8) is 0 Å². The number of nitrogens with zero attached hydrogens (tertiary/aromatic N) is 1. The maximum atomic E-state index is 12.5. The van der Waals surface area contributed by atoms with Crippen molar-refractivity contribution in [3.8, 4) is 0 Å². The maximum Gasteiger partial charge on any atom is 0.244 e. The Labute approximate surface area is 114 Å². The first-order chi connectivity index (χ1) is 9.04. The van der Waals surface area contributed by atoms with Crippen LogP contribution in [0.4, 0.5) is 0 Å². The predicted molar refractivity (Wildman–Crippen MR) is 72.3 cm³/mol. The standard InChI is InChI=1S/C12H21N3O3S/c1-10-9-15(4-3-5-18-10)19(16,17)12-6-11(7-13-2)14-8-12/h6,8,10,13-14H,3-5,7,9H2,1-2H3. The molecule has 0 aliphatic carbocycles. The summed E-state index contributed by atoms with van der Waals surface area (Å²) in [5.41, 5.74) is 0.861. The molecule has 2 N–H and O–H groups in total. The van der Waals surface area contributed by atoms with Crippen LogP contribution < -0.4 is 5.32 Å². The van der Waals surface area contributed by atoms with Gasteiger partial charge in [0.25, 0.3) is 0 Å². The lowest BCUT2D eigenvalue weighted by Gasteiger charge is -2.20. The highest BCUT2D eigenvalue weighted by atomic mass is 32.2. The number of aromatic nitrogens is 1. The summed E-state index contributed by atoms with van der Waals surface area (Å²) >= 11 is 0. The van der Waals surface area contributed by atoms with Gasteiger partial charge in [0.15, 0.2) is 0 Å². The molecule has 0 aromatic carbocycles. The van der Waals surface area contributed by atoms with E-state index < -0.39 is 10.0 Å². The Kier molecular flexibility index (Phi) is 4.62. The lowest BCUT2D eigenvalue weighted by atomic mass is 10.4. The van der Waals surface area contributed by atoms with E-state index in [1.807, 2.05) is 14.0 Å². The summed E-state index contributed by atoms with van der Waals surface area (Å²) in [7, 11) is -1.60. The smallest absolute Gasteiger partial charge is 0.244 e. The summed E-state index contributed by atoms with van der Waals surface area (Å²) in [5, 5.41) is 2.99. The molecule has 2 heterocycles. The summed E-state index contributed by atoms with van der Waals surface area (Å²) in [6.07, 6.45) is 2.23. The largest absolute Gasteiger partial charge is 0.377 e. The topological polar surface area (TPSA) is 74.4 Å². The first-order valence-corrected chi connectivity index (χ1v) is 7.91. The molecule has 19 heavy (non-hydrogen) atoms. The van der Waals surface area contributed by atoms with Crippen molar-refractivity contribution in [1.82, 2.24) is 14.6 Å². The highest BCUT2D eigenvalue weighted by Gasteiger charge is 2.28. The highest BCUT2D eigenvalue weighted by Crippen LogP contribution is 2.19. The van der Waals surface area contributed by atoms with E-state index >= 15 is 0 Å². The maximum absolute atomic E-state index is 12.5. The number of hydrogen-bond donors (Lipinski definition) is 2. The Morgan fingerprint density at radius 1 is 1.58 bits per heavy atom. The van der Waals surface area contributed by atoms with Crippen molar-refractivity contribution in [2.75, 3.05) is 26.7 Å². The molecule has 0 bridgehead atoms. The number of hydrogen-bond acceptors (Lipinski definition) is 4. The summed E-state index contributed by atoms with van der Waals surface area (Å²) in [5.74, 6) is 0. The van der Waals surface area contributed by atoms with Crippen LogP contribution in [0.1, 0.15) is 19.0 Å². The van der Waals surface area contributed by atoms with Crippen LogP contribution in [0.3, 0.4) is 0 Å². The van der Waals surface area contributed by atoms with Gasteiger partial charge in [-0.2, -0.15) is 4.31 Å². The van der Waals surface area contributed by atoms with E-state index in [9.17, 15) is 8.42 Å². The number of nitrogens with one attached hydrogen (secondary N) is 2. The van der Waals surface area contributed by atoms with Crippen LogP contribution in [-0.4, -0.2) is 50.6 Å². The Bertz CT molecular complexity index is 512. The number of sulfonamides is 1. The van der Waals surface area contributed by atoms with Crippen molar-refractivity contribution >= 4 is 10.0 Å². The third-order valence-electron chi connectivity index (χ3n) is 3.14. The molecule has 0 amide bonds. The van der Waals surface area contributed by atoms with E-state index in [1.165, 1.54) is 4.31 Å².